The van der Waals surface area contributed by atoms with Crippen LogP contribution < -0.4 is 5.32 Å². The van der Waals surface area contributed by atoms with E-state index in [0.29, 0.717) is 6.10 Å². The van der Waals surface area contributed by atoms with Gasteiger partial charge in [0.1, 0.15) is 0 Å². The molecule has 1 N–H and O–H groups in total. The molecule has 0 amide bonds. The van der Waals surface area contributed by atoms with Crippen molar-refractivity contribution in [1.82, 2.24) is 10.2 Å². The standard InChI is InChI=1S/C22H34ClN3O2.HI/c1-3-24-21(26-12-8-20(9-13-26)28-15-5-14-27-2)25-17-22(10-11-22)18-6-4-7-19(23)16-18;/h4,6-7,16,20H,3,5,8-15,17H2,1-2H3,(H,24,25);1H. The van der Waals surface area contributed by atoms with Crippen molar-refractivity contribution in [3.63, 3.8) is 0 Å². The van der Waals surface area contributed by atoms with Crippen molar-refractivity contribution in [2.24, 2.45) is 4.99 Å². The molecule has 164 valence electrons. The monoisotopic (exact) mass is 535 g/mol. The number of benzene rings is 1. The van der Waals surface area contributed by atoms with Crippen molar-refractivity contribution in [2.45, 2.75) is 50.5 Å². The first-order valence-electron chi connectivity index (χ1n) is 10.6. The largest absolute Gasteiger partial charge is 0.385 e. The van der Waals surface area contributed by atoms with E-state index in [1.807, 2.05) is 12.1 Å². The summed E-state index contributed by atoms with van der Waals surface area (Å²) in [4.78, 5) is 7.40. The molecule has 0 unspecified atom stereocenters. The Morgan fingerprint density at radius 2 is 2.03 bits per heavy atom. The molecule has 3 rings (SSSR count). The third kappa shape index (κ3) is 7.26. The molecule has 0 spiro atoms. The van der Waals surface area contributed by atoms with Crippen LogP contribution in [0.5, 0.6) is 0 Å². The van der Waals surface area contributed by atoms with Crippen molar-refractivity contribution in [1.29, 1.82) is 0 Å². The summed E-state index contributed by atoms with van der Waals surface area (Å²) in [7, 11) is 1.73. The first-order valence-corrected chi connectivity index (χ1v) is 10.9. The van der Waals surface area contributed by atoms with Gasteiger partial charge in [0.05, 0.1) is 12.6 Å². The van der Waals surface area contributed by atoms with Crippen molar-refractivity contribution in [3.8, 4) is 0 Å². The van der Waals surface area contributed by atoms with Crippen LogP contribution in [0.4, 0.5) is 0 Å². The molecule has 2 aliphatic rings. The summed E-state index contributed by atoms with van der Waals surface area (Å²) >= 11 is 6.20. The summed E-state index contributed by atoms with van der Waals surface area (Å²) in [5.41, 5.74) is 1.50. The first kappa shape index (κ1) is 24.7. The number of piperidine rings is 1. The van der Waals surface area contributed by atoms with Crippen LogP contribution in [-0.4, -0.2) is 63.5 Å². The van der Waals surface area contributed by atoms with Crippen molar-refractivity contribution in [2.75, 3.05) is 46.5 Å². The molecule has 1 saturated carbocycles. The quantitative estimate of drug-likeness (QED) is 0.219. The maximum Gasteiger partial charge on any atom is 0.193 e. The Morgan fingerprint density at radius 3 is 2.66 bits per heavy atom. The Morgan fingerprint density at radius 1 is 1.28 bits per heavy atom. The molecule has 0 bridgehead atoms. The molecule has 7 heteroatoms. The van der Waals surface area contributed by atoms with Gasteiger partial charge < -0.3 is 19.7 Å². The Hall–Kier alpha value is -0.570. The van der Waals surface area contributed by atoms with Gasteiger partial charge >= 0.3 is 0 Å². The van der Waals surface area contributed by atoms with Crippen molar-refractivity contribution >= 4 is 41.5 Å². The van der Waals surface area contributed by atoms with Gasteiger partial charge in [-0.15, -0.1) is 24.0 Å². The van der Waals surface area contributed by atoms with Crippen LogP contribution >= 0.6 is 35.6 Å². The van der Waals surface area contributed by atoms with Crippen LogP contribution in [0, 0.1) is 0 Å². The molecule has 1 aromatic rings. The Labute approximate surface area is 197 Å². The van der Waals surface area contributed by atoms with Gasteiger partial charge in [0.2, 0.25) is 0 Å². The van der Waals surface area contributed by atoms with Gasteiger partial charge in [-0.1, -0.05) is 23.7 Å². The number of methoxy groups -OCH3 is 1. The van der Waals surface area contributed by atoms with Crippen LogP contribution in [0.1, 0.15) is 44.6 Å². The van der Waals surface area contributed by atoms with E-state index in [-0.39, 0.29) is 29.4 Å². The van der Waals surface area contributed by atoms with Crippen LogP contribution in [0.2, 0.25) is 5.02 Å². The van der Waals surface area contributed by atoms with Gasteiger partial charge in [0.15, 0.2) is 5.96 Å². The lowest BCUT2D eigenvalue weighted by atomic mass is 9.96. The molecule has 1 saturated heterocycles. The van der Waals surface area contributed by atoms with Crippen LogP contribution in [-0.2, 0) is 14.9 Å². The van der Waals surface area contributed by atoms with Crippen LogP contribution in [0.25, 0.3) is 0 Å². The normalized spacial score (nSPS) is 19.0. The third-order valence-electron chi connectivity index (χ3n) is 5.74. The molecule has 29 heavy (non-hydrogen) atoms. The Kier molecular flexibility index (Phi) is 10.5. The summed E-state index contributed by atoms with van der Waals surface area (Å²) in [6.07, 6.45) is 5.80. The number of likely N-dealkylation sites (tertiary alicyclic amines) is 1. The number of nitrogens with one attached hydrogen (secondary N) is 1. The van der Waals surface area contributed by atoms with Gasteiger partial charge in [0.25, 0.3) is 0 Å². The highest BCUT2D eigenvalue weighted by molar-refractivity contribution is 14.0. The predicted molar refractivity (Wildman–Crippen MR) is 131 cm³/mol. The number of guanidine groups is 1. The second kappa shape index (κ2) is 12.3. The highest BCUT2D eigenvalue weighted by Crippen LogP contribution is 2.48. The maximum atomic E-state index is 6.20. The zero-order valence-electron chi connectivity index (χ0n) is 17.7. The number of hydrogen-bond donors (Lipinski definition) is 1. The highest BCUT2D eigenvalue weighted by atomic mass is 127. The molecule has 1 heterocycles. The molecule has 0 radical (unpaired) electrons. The number of halogens is 2. The Balaban J connectivity index is 0.00000300. The van der Waals surface area contributed by atoms with E-state index in [1.54, 1.807) is 7.11 Å². The number of rotatable bonds is 9. The second-order valence-corrected chi connectivity index (χ2v) is 8.30. The van der Waals surface area contributed by atoms with E-state index in [0.717, 1.165) is 69.6 Å². The van der Waals surface area contributed by atoms with Crippen LogP contribution in [0.3, 0.4) is 0 Å². The molecular formula is C22H35ClIN3O2. The zero-order valence-corrected chi connectivity index (χ0v) is 20.7. The second-order valence-electron chi connectivity index (χ2n) is 7.86. The summed E-state index contributed by atoms with van der Waals surface area (Å²) < 4.78 is 11.1. The maximum absolute atomic E-state index is 6.20. The fourth-order valence-electron chi connectivity index (χ4n) is 3.85. The van der Waals surface area contributed by atoms with Gasteiger partial charge in [-0.2, -0.15) is 0 Å². The fraction of sp³-hybridized carbons (Fsp3) is 0.682. The smallest absolute Gasteiger partial charge is 0.193 e. The molecule has 1 aliphatic carbocycles. The average Bonchev–Trinajstić information content (AvgIpc) is 3.50. The lowest BCUT2D eigenvalue weighted by Gasteiger charge is -2.34. The molecule has 0 aromatic heterocycles. The Bertz CT molecular complexity index is 647. The van der Waals surface area contributed by atoms with Gasteiger partial charge in [-0.25, -0.2) is 0 Å². The average molecular weight is 536 g/mol. The first-order chi connectivity index (χ1) is 13.7. The van der Waals surface area contributed by atoms with E-state index in [1.165, 1.54) is 18.4 Å². The van der Waals surface area contributed by atoms with Crippen LogP contribution in [0.15, 0.2) is 29.3 Å². The summed E-state index contributed by atoms with van der Waals surface area (Å²) in [6, 6.07) is 8.27. The number of nitrogens with zero attached hydrogens (tertiary/aromatic N) is 2. The topological polar surface area (TPSA) is 46.1 Å². The van der Waals surface area contributed by atoms with Crippen molar-refractivity contribution < 1.29 is 9.47 Å². The number of hydrogen-bond acceptors (Lipinski definition) is 3. The minimum atomic E-state index is 0. The predicted octanol–water partition coefficient (Wildman–Crippen LogP) is 4.47. The number of aliphatic imine (C=N–C) groups is 1. The van der Waals surface area contributed by atoms with E-state index in [4.69, 9.17) is 26.1 Å². The number of ether oxygens (including phenoxy) is 2. The molecule has 2 fully saturated rings. The van der Waals surface area contributed by atoms with Crippen molar-refractivity contribution in [3.05, 3.63) is 34.9 Å². The molecule has 1 aliphatic heterocycles. The SMILES string of the molecule is CCNC(=NCC1(c2cccc(Cl)c2)CC1)N1CCC(OCCCOC)CC1.I. The zero-order chi connectivity index (χ0) is 19.8. The van der Waals surface area contributed by atoms with E-state index < -0.39 is 0 Å². The lowest BCUT2D eigenvalue weighted by Crippen LogP contribution is -2.47. The van der Waals surface area contributed by atoms with Gasteiger partial charge in [0, 0.05) is 50.4 Å². The molecule has 5 nitrogen and oxygen atoms in total. The minimum absolute atomic E-state index is 0. The minimum Gasteiger partial charge on any atom is -0.385 e. The van der Waals surface area contributed by atoms with Gasteiger partial charge in [-0.05, 0) is 56.7 Å². The third-order valence-corrected chi connectivity index (χ3v) is 5.98. The fourth-order valence-corrected chi connectivity index (χ4v) is 4.04. The van der Waals surface area contributed by atoms with Gasteiger partial charge in [-0.3, -0.25) is 4.99 Å². The van der Waals surface area contributed by atoms with E-state index in [9.17, 15) is 0 Å². The molecule has 0 atom stereocenters. The molecular weight excluding hydrogens is 501 g/mol. The lowest BCUT2D eigenvalue weighted by molar-refractivity contribution is 0.00990. The summed E-state index contributed by atoms with van der Waals surface area (Å²) in [5, 5.41) is 4.30. The van der Waals surface area contributed by atoms with E-state index >= 15 is 0 Å². The molecule has 1 aromatic carbocycles. The van der Waals surface area contributed by atoms with E-state index in [2.05, 4.69) is 29.3 Å². The highest BCUT2D eigenvalue weighted by Gasteiger charge is 2.44. The summed E-state index contributed by atoms with van der Waals surface area (Å²) in [6.45, 7) is 7.37. The summed E-state index contributed by atoms with van der Waals surface area (Å²) in [5.74, 6) is 1.04.